The smallest absolute Gasteiger partial charge is 0.276 e. The molecule has 2 aliphatic heterocycles. The highest BCUT2D eigenvalue weighted by Crippen LogP contribution is 2.37. The van der Waals surface area contributed by atoms with Crippen molar-refractivity contribution in [2.24, 2.45) is 0 Å². The van der Waals surface area contributed by atoms with Crippen LogP contribution in [0.15, 0.2) is 42.5 Å². The Hall–Kier alpha value is -3.30. The van der Waals surface area contributed by atoms with Gasteiger partial charge in [0.2, 0.25) is 0 Å². The van der Waals surface area contributed by atoms with Gasteiger partial charge in [-0.3, -0.25) is 9.59 Å². The largest absolute Gasteiger partial charge is 0.486 e. The van der Waals surface area contributed by atoms with Crippen LogP contribution in [-0.4, -0.2) is 53.2 Å². The molecule has 1 N–H and O–H groups in total. The van der Waals surface area contributed by atoms with Crippen LogP contribution in [0.4, 0.5) is 4.39 Å². The fourth-order valence-corrected chi connectivity index (χ4v) is 5.41. The zero-order valence-electron chi connectivity index (χ0n) is 19.8. The van der Waals surface area contributed by atoms with E-state index in [0.717, 1.165) is 22.6 Å². The van der Waals surface area contributed by atoms with Crippen molar-refractivity contribution in [3.05, 3.63) is 70.1 Å². The van der Waals surface area contributed by atoms with Crippen LogP contribution in [0.1, 0.15) is 45.3 Å². The van der Waals surface area contributed by atoms with Gasteiger partial charge in [-0.1, -0.05) is 24.3 Å². The molecule has 7 nitrogen and oxygen atoms in total. The predicted molar refractivity (Wildman–Crippen MR) is 130 cm³/mol. The second kappa shape index (κ2) is 9.05. The number of nitrogens with zero attached hydrogens (tertiary/aromatic N) is 2. The van der Waals surface area contributed by atoms with Crippen LogP contribution in [0.5, 0.6) is 5.75 Å². The zero-order chi connectivity index (χ0) is 24.7. The molecule has 35 heavy (non-hydrogen) atoms. The maximum Gasteiger partial charge on any atom is 0.276 e. The summed E-state index contributed by atoms with van der Waals surface area (Å²) in [6, 6.07) is 11.6. The number of hydrogen-bond acceptors (Lipinski definition) is 6. The fraction of sp³-hybridized carbons (Fsp3) is 0.346. The third kappa shape index (κ3) is 4.66. The van der Waals surface area contributed by atoms with E-state index in [9.17, 15) is 14.0 Å². The molecule has 0 bridgehead atoms. The predicted octanol–water partition coefficient (Wildman–Crippen LogP) is 4.20. The van der Waals surface area contributed by atoms with Crippen LogP contribution in [0.25, 0.3) is 10.4 Å². The molecule has 1 atom stereocenters. The summed E-state index contributed by atoms with van der Waals surface area (Å²) >= 11 is 1.38. The van der Waals surface area contributed by atoms with Crippen LogP contribution >= 0.6 is 11.3 Å². The van der Waals surface area contributed by atoms with Gasteiger partial charge in [-0.05, 0) is 50.1 Å². The van der Waals surface area contributed by atoms with Gasteiger partial charge < -0.3 is 19.7 Å². The summed E-state index contributed by atoms with van der Waals surface area (Å²) in [4.78, 5) is 33.2. The number of rotatable bonds is 5. The SMILES string of the molecule is Cc1nc(C(=O)N2CCOC2CNC(=O)c2cccc3c2OC(C)(C)C3)c(-c2ccc(F)cc2)s1. The quantitative estimate of drug-likeness (QED) is 0.574. The highest BCUT2D eigenvalue weighted by atomic mass is 32.1. The summed E-state index contributed by atoms with van der Waals surface area (Å²) in [5.41, 5.74) is 2.15. The van der Waals surface area contributed by atoms with Gasteiger partial charge in [0.25, 0.3) is 11.8 Å². The number of fused-ring (bicyclic) bond motifs is 1. The molecule has 2 amide bonds. The molecule has 182 valence electrons. The van der Waals surface area contributed by atoms with Gasteiger partial charge in [0, 0.05) is 13.0 Å². The zero-order valence-corrected chi connectivity index (χ0v) is 20.6. The molecular formula is C26H26FN3O4S. The first kappa shape index (κ1) is 23.4. The standard InChI is InChI=1S/C26H26FN3O4S/c1-15-29-21(23(35-15)16-7-9-18(27)10-8-16)25(32)30-11-12-33-20(30)14-28-24(31)19-6-4-5-17-13-26(2,3)34-22(17)19/h4-10,20H,11-14H2,1-3H3,(H,28,31). The molecule has 1 saturated heterocycles. The molecule has 1 unspecified atom stereocenters. The molecule has 0 saturated carbocycles. The molecule has 0 aliphatic carbocycles. The molecule has 5 rings (SSSR count). The summed E-state index contributed by atoms with van der Waals surface area (Å²) in [5, 5.41) is 3.63. The molecule has 3 heterocycles. The number of hydrogen-bond donors (Lipinski definition) is 1. The first-order chi connectivity index (χ1) is 16.7. The lowest BCUT2D eigenvalue weighted by atomic mass is 10.0. The number of para-hydroxylation sites is 1. The number of nitrogens with one attached hydrogen (secondary N) is 1. The van der Waals surface area contributed by atoms with Crippen molar-refractivity contribution < 1.29 is 23.5 Å². The number of carbonyl (C=O) groups excluding carboxylic acids is 2. The second-order valence-corrected chi connectivity index (χ2v) is 10.5. The van der Waals surface area contributed by atoms with Gasteiger partial charge in [-0.25, -0.2) is 9.37 Å². The van der Waals surface area contributed by atoms with Crippen molar-refractivity contribution >= 4 is 23.2 Å². The lowest BCUT2D eigenvalue weighted by molar-refractivity contribution is 0.0276. The second-order valence-electron chi connectivity index (χ2n) is 9.28. The molecule has 0 spiro atoms. The molecule has 2 aromatic carbocycles. The van der Waals surface area contributed by atoms with E-state index in [1.807, 2.05) is 32.9 Å². The molecule has 1 aromatic heterocycles. The van der Waals surface area contributed by atoms with Crippen LogP contribution in [0.3, 0.4) is 0 Å². The van der Waals surface area contributed by atoms with E-state index in [0.29, 0.717) is 35.0 Å². The highest BCUT2D eigenvalue weighted by Gasteiger charge is 2.35. The van der Waals surface area contributed by atoms with Gasteiger partial charge in [-0.2, -0.15) is 0 Å². The number of benzene rings is 2. The molecule has 1 fully saturated rings. The Labute approximate surface area is 206 Å². The number of aryl methyl sites for hydroxylation is 1. The number of ether oxygens (including phenoxy) is 2. The average molecular weight is 496 g/mol. The van der Waals surface area contributed by atoms with Gasteiger partial charge in [0.1, 0.15) is 29.1 Å². The van der Waals surface area contributed by atoms with Gasteiger partial charge in [0.15, 0.2) is 0 Å². The maximum absolute atomic E-state index is 13.5. The summed E-state index contributed by atoms with van der Waals surface area (Å²) in [7, 11) is 0. The third-order valence-corrected chi connectivity index (χ3v) is 7.09. The Morgan fingerprint density at radius 2 is 2.00 bits per heavy atom. The monoisotopic (exact) mass is 495 g/mol. The lowest BCUT2D eigenvalue weighted by Gasteiger charge is -2.23. The number of carbonyl (C=O) groups is 2. The van der Waals surface area contributed by atoms with E-state index in [-0.39, 0.29) is 29.8 Å². The average Bonchev–Trinajstić information content (AvgIpc) is 3.52. The first-order valence-electron chi connectivity index (χ1n) is 11.5. The van der Waals surface area contributed by atoms with E-state index in [4.69, 9.17) is 9.47 Å². The van der Waals surface area contributed by atoms with Gasteiger partial charge in [0.05, 0.1) is 28.6 Å². The van der Waals surface area contributed by atoms with Crippen LogP contribution < -0.4 is 10.1 Å². The van der Waals surface area contributed by atoms with Crippen LogP contribution in [0.2, 0.25) is 0 Å². The summed E-state index contributed by atoms with van der Waals surface area (Å²) < 4.78 is 25.2. The normalized spacial score (nSPS) is 18.3. The number of halogens is 1. The Balaban J connectivity index is 1.31. The van der Waals surface area contributed by atoms with Crippen LogP contribution in [-0.2, 0) is 11.2 Å². The summed E-state index contributed by atoms with van der Waals surface area (Å²) in [6.07, 6.45) is 0.115. The van der Waals surface area contributed by atoms with Crippen LogP contribution in [0, 0.1) is 12.7 Å². The lowest BCUT2D eigenvalue weighted by Crippen LogP contribution is -2.44. The van der Waals surface area contributed by atoms with Gasteiger partial charge >= 0.3 is 0 Å². The molecule has 9 heteroatoms. The molecule has 3 aromatic rings. The molecule has 0 radical (unpaired) electrons. The third-order valence-electron chi connectivity index (χ3n) is 6.07. The van der Waals surface area contributed by atoms with E-state index in [2.05, 4.69) is 10.3 Å². The van der Waals surface area contributed by atoms with Crippen molar-refractivity contribution in [3.63, 3.8) is 0 Å². The Bertz CT molecular complexity index is 1290. The number of thiazole rings is 1. The number of aromatic nitrogens is 1. The summed E-state index contributed by atoms with van der Waals surface area (Å²) in [5.74, 6) is -0.295. The van der Waals surface area contributed by atoms with E-state index >= 15 is 0 Å². The minimum absolute atomic E-state index is 0.132. The van der Waals surface area contributed by atoms with Crippen molar-refractivity contribution in [2.45, 2.75) is 39.0 Å². The van der Waals surface area contributed by atoms with E-state index in [1.54, 1.807) is 23.1 Å². The van der Waals surface area contributed by atoms with Crippen molar-refractivity contribution in [1.82, 2.24) is 15.2 Å². The van der Waals surface area contributed by atoms with E-state index in [1.165, 1.54) is 23.5 Å². The molecule has 2 aliphatic rings. The Morgan fingerprint density at radius 3 is 2.77 bits per heavy atom. The topological polar surface area (TPSA) is 80.8 Å². The minimum Gasteiger partial charge on any atom is -0.486 e. The summed E-state index contributed by atoms with van der Waals surface area (Å²) in [6.45, 7) is 6.69. The fourth-order valence-electron chi connectivity index (χ4n) is 4.50. The Kier molecular flexibility index (Phi) is 6.06. The highest BCUT2D eigenvalue weighted by molar-refractivity contribution is 7.15. The Morgan fingerprint density at radius 1 is 1.23 bits per heavy atom. The minimum atomic E-state index is -0.622. The maximum atomic E-state index is 13.5. The van der Waals surface area contributed by atoms with E-state index < -0.39 is 6.23 Å². The first-order valence-corrected chi connectivity index (χ1v) is 12.3. The van der Waals surface area contributed by atoms with Crippen molar-refractivity contribution in [1.29, 1.82) is 0 Å². The van der Waals surface area contributed by atoms with Crippen molar-refractivity contribution in [2.75, 3.05) is 19.7 Å². The van der Waals surface area contributed by atoms with Gasteiger partial charge in [-0.15, -0.1) is 11.3 Å². The van der Waals surface area contributed by atoms with Crippen molar-refractivity contribution in [3.8, 4) is 16.2 Å². The molecular weight excluding hydrogens is 469 g/mol. The number of amides is 2.